The van der Waals surface area contributed by atoms with E-state index in [1.54, 1.807) is 29.9 Å². The van der Waals surface area contributed by atoms with Crippen LogP contribution in [-0.2, 0) is 0 Å². The van der Waals surface area contributed by atoms with Crippen molar-refractivity contribution in [1.82, 2.24) is 25.1 Å². The van der Waals surface area contributed by atoms with Crippen LogP contribution in [0.2, 0.25) is 0 Å². The first-order valence-corrected chi connectivity index (χ1v) is 11.7. The molecular formula is C26H23N5OS. The molecule has 33 heavy (non-hydrogen) atoms. The van der Waals surface area contributed by atoms with Gasteiger partial charge in [0, 0.05) is 18.4 Å². The molecule has 5 aromatic rings. The Hall–Kier alpha value is -3.84. The first-order valence-electron chi connectivity index (χ1n) is 10.8. The number of carbonyl (C=O) groups excluding carboxylic acids is 1. The number of aromatic nitrogens is 4. The summed E-state index contributed by atoms with van der Waals surface area (Å²) >= 11 is 1.60. The molecule has 0 aliphatic heterocycles. The molecule has 5 rings (SSSR count). The number of nitrogens with zero attached hydrogens (tertiary/aromatic N) is 4. The SMILES string of the molecule is CC(C)n1ncc2c(C(=O)NC(c3ccccc3)c3ccncc3)cc(-c3cccs3)nc21. The summed E-state index contributed by atoms with van der Waals surface area (Å²) in [6.07, 6.45) is 5.21. The lowest BCUT2D eigenvalue weighted by atomic mass is 9.99. The average Bonchev–Trinajstić information content (AvgIpc) is 3.53. The van der Waals surface area contributed by atoms with Gasteiger partial charge in [0.05, 0.1) is 33.8 Å². The van der Waals surface area contributed by atoms with Crippen LogP contribution in [0.3, 0.4) is 0 Å². The second-order valence-corrected chi connectivity index (χ2v) is 9.00. The van der Waals surface area contributed by atoms with Crippen LogP contribution in [0.15, 0.2) is 84.6 Å². The molecular weight excluding hydrogens is 430 g/mol. The monoisotopic (exact) mass is 453 g/mol. The Balaban J connectivity index is 1.61. The van der Waals surface area contributed by atoms with Crippen molar-refractivity contribution in [3.63, 3.8) is 0 Å². The molecule has 0 saturated heterocycles. The number of hydrogen-bond acceptors (Lipinski definition) is 5. The second kappa shape index (κ2) is 8.96. The Morgan fingerprint density at radius 3 is 2.45 bits per heavy atom. The van der Waals surface area contributed by atoms with Gasteiger partial charge >= 0.3 is 0 Å². The fourth-order valence-corrected chi connectivity index (χ4v) is 4.59. The molecule has 6 nitrogen and oxygen atoms in total. The van der Waals surface area contributed by atoms with Crippen molar-refractivity contribution in [3.8, 4) is 10.6 Å². The molecule has 0 spiro atoms. The standard InChI is InChI=1S/C26H23N5OS/c1-17(2)31-25-21(16-28-31)20(15-22(29-25)23-9-6-14-33-23)26(32)30-24(18-7-4-3-5-8-18)19-10-12-27-13-11-19/h3-17,24H,1-2H3,(H,30,32). The maximum absolute atomic E-state index is 13.7. The number of amides is 1. The van der Waals surface area contributed by atoms with Crippen molar-refractivity contribution in [3.05, 3.63) is 101 Å². The second-order valence-electron chi connectivity index (χ2n) is 8.05. The van der Waals surface area contributed by atoms with Crippen molar-refractivity contribution in [2.45, 2.75) is 25.9 Å². The van der Waals surface area contributed by atoms with Gasteiger partial charge in [-0.25, -0.2) is 9.67 Å². The highest BCUT2D eigenvalue weighted by Gasteiger charge is 2.22. The molecule has 164 valence electrons. The fourth-order valence-electron chi connectivity index (χ4n) is 3.90. The first-order chi connectivity index (χ1) is 16.1. The van der Waals surface area contributed by atoms with E-state index in [4.69, 9.17) is 4.98 Å². The lowest BCUT2D eigenvalue weighted by molar-refractivity contribution is 0.0944. The molecule has 0 fully saturated rings. The molecule has 1 atom stereocenters. The van der Waals surface area contributed by atoms with Gasteiger partial charge in [0.15, 0.2) is 5.65 Å². The average molecular weight is 454 g/mol. The number of thiophene rings is 1. The molecule has 0 aliphatic carbocycles. The molecule has 4 aromatic heterocycles. The number of rotatable bonds is 6. The molecule has 0 saturated carbocycles. The van der Waals surface area contributed by atoms with E-state index < -0.39 is 0 Å². The third kappa shape index (κ3) is 4.15. The molecule has 7 heteroatoms. The zero-order valence-electron chi connectivity index (χ0n) is 18.3. The number of nitrogens with one attached hydrogen (secondary N) is 1. The lowest BCUT2D eigenvalue weighted by Crippen LogP contribution is -2.29. The highest BCUT2D eigenvalue weighted by Crippen LogP contribution is 2.30. The summed E-state index contributed by atoms with van der Waals surface area (Å²) in [6, 6.07) is 19.5. The van der Waals surface area contributed by atoms with E-state index in [1.807, 2.05) is 70.7 Å². The highest BCUT2D eigenvalue weighted by atomic mass is 32.1. The predicted molar refractivity (Wildman–Crippen MR) is 131 cm³/mol. The Bertz CT molecular complexity index is 1340. The Morgan fingerprint density at radius 2 is 1.76 bits per heavy atom. The van der Waals surface area contributed by atoms with Gasteiger partial charge in [0.2, 0.25) is 0 Å². The molecule has 0 bridgehead atoms. The van der Waals surface area contributed by atoms with Crippen LogP contribution in [-0.4, -0.2) is 25.7 Å². The minimum Gasteiger partial charge on any atom is -0.341 e. The normalized spacial score (nSPS) is 12.2. The van der Waals surface area contributed by atoms with Gasteiger partial charge in [-0.2, -0.15) is 5.10 Å². The van der Waals surface area contributed by atoms with Crippen LogP contribution in [0.1, 0.15) is 47.4 Å². The van der Waals surface area contributed by atoms with Crippen molar-refractivity contribution < 1.29 is 4.79 Å². The summed E-state index contributed by atoms with van der Waals surface area (Å²) in [6.45, 7) is 4.11. The van der Waals surface area contributed by atoms with Crippen LogP contribution >= 0.6 is 11.3 Å². The molecule has 1 N–H and O–H groups in total. The molecule has 0 radical (unpaired) electrons. The van der Waals surface area contributed by atoms with Gasteiger partial charge in [-0.05, 0) is 54.6 Å². The summed E-state index contributed by atoms with van der Waals surface area (Å²) < 4.78 is 1.86. The predicted octanol–water partition coefficient (Wildman–Crippen LogP) is 5.66. The van der Waals surface area contributed by atoms with Gasteiger partial charge < -0.3 is 5.32 Å². The molecule has 1 unspecified atom stereocenters. The fraction of sp³-hybridized carbons (Fsp3) is 0.154. The van der Waals surface area contributed by atoms with Crippen LogP contribution in [0.5, 0.6) is 0 Å². The number of fused-ring (bicyclic) bond motifs is 1. The number of pyridine rings is 2. The Kier molecular flexibility index (Phi) is 5.71. The van der Waals surface area contributed by atoms with Crippen LogP contribution in [0.4, 0.5) is 0 Å². The maximum Gasteiger partial charge on any atom is 0.252 e. The summed E-state index contributed by atoms with van der Waals surface area (Å²) in [7, 11) is 0. The summed E-state index contributed by atoms with van der Waals surface area (Å²) in [4.78, 5) is 23.7. The Labute approximate surface area is 196 Å². The largest absolute Gasteiger partial charge is 0.341 e. The van der Waals surface area contributed by atoms with E-state index in [-0.39, 0.29) is 18.0 Å². The van der Waals surface area contributed by atoms with Crippen LogP contribution in [0.25, 0.3) is 21.6 Å². The Morgan fingerprint density at radius 1 is 1.00 bits per heavy atom. The highest BCUT2D eigenvalue weighted by molar-refractivity contribution is 7.13. The van der Waals surface area contributed by atoms with Gasteiger partial charge in [0.1, 0.15) is 0 Å². The minimum atomic E-state index is -0.310. The van der Waals surface area contributed by atoms with E-state index in [1.165, 1.54) is 0 Å². The topological polar surface area (TPSA) is 72.7 Å². The summed E-state index contributed by atoms with van der Waals surface area (Å²) in [5, 5.41) is 10.5. The number of carbonyl (C=O) groups is 1. The van der Waals surface area contributed by atoms with E-state index >= 15 is 0 Å². The third-order valence-corrected chi connectivity index (χ3v) is 6.41. The number of hydrogen-bond donors (Lipinski definition) is 1. The number of benzene rings is 1. The molecule has 1 amide bonds. The first kappa shape index (κ1) is 21.0. The molecule has 0 aliphatic rings. The van der Waals surface area contributed by atoms with Crippen molar-refractivity contribution in [2.24, 2.45) is 0 Å². The molecule has 4 heterocycles. The smallest absolute Gasteiger partial charge is 0.252 e. The van der Waals surface area contributed by atoms with E-state index in [0.29, 0.717) is 11.2 Å². The van der Waals surface area contributed by atoms with Crippen LogP contribution in [0, 0.1) is 0 Å². The zero-order chi connectivity index (χ0) is 22.8. The zero-order valence-corrected chi connectivity index (χ0v) is 19.2. The van der Waals surface area contributed by atoms with Crippen LogP contribution < -0.4 is 5.32 Å². The third-order valence-electron chi connectivity index (χ3n) is 5.52. The van der Waals surface area contributed by atoms with E-state index in [9.17, 15) is 4.79 Å². The van der Waals surface area contributed by atoms with Gasteiger partial charge in [-0.1, -0.05) is 36.4 Å². The van der Waals surface area contributed by atoms with E-state index in [2.05, 4.69) is 29.2 Å². The van der Waals surface area contributed by atoms with Gasteiger partial charge in [0.25, 0.3) is 5.91 Å². The van der Waals surface area contributed by atoms with Crippen molar-refractivity contribution in [1.29, 1.82) is 0 Å². The maximum atomic E-state index is 13.7. The minimum absolute atomic E-state index is 0.124. The van der Waals surface area contributed by atoms with Gasteiger partial charge in [-0.15, -0.1) is 11.3 Å². The van der Waals surface area contributed by atoms with E-state index in [0.717, 1.165) is 27.1 Å². The molecule has 1 aromatic carbocycles. The quantitative estimate of drug-likeness (QED) is 0.360. The van der Waals surface area contributed by atoms with Crippen molar-refractivity contribution in [2.75, 3.05) is 0 Å². The summed E-state index contributed by atoms with van der Waals surface area (Å²) in [5.74, 6) is -0.172. The van der Waals surface area contributed by atoms with Crippen molar-refractivity contribution >= 4 is 28.3 Å². The summed E-state index contributed by atoms with van der Waals surface area (Å²) in [5.41, 5.74) is 4.00. The van der Waals surface area contributed by atoms with Gasteiger partial charge in [-0.3, -0.25) is 9.78 Å². The lowest BCUT2D eigenvalue weighted by Gasteiger charge is -2.20.